The van der Waals surface area contributed by atoms with Crippen molar-refractivity contribution in [1.82, 2.24) is 9.80 Å². The van der Waals surface area contributed by atoms with Crippen molar-refractivity contribution >= 4 is 37.8 Å². The Balaban J connectivity index is 1.99. The second-order valence-corrected chi connectivity index (χ2v) is 6.43. The minimum Gasteiger partial charge on any atom is -0.336 e. The van der Waals surface area contributed by atoms with Gasteiger partial charge >= 0.3 is 0 Å². The summed E-state index contributed by atoms with van der Waals surface area (Å²) in [4.78, 5) is 16.7. The third-order valence-corrected chi connectivity index (χ3v) is 4.69. The molecule has 1 heterocycles. The highest BCUT2D eigenvalue weighted by Gasteiger charge is 2.21. The second kappa shape index (κ2) is 6.86. The summed E-state index contributed by atoms with van der Waals surface area (Å²) < 4.78 is 0.997. The molecule has 1 fully saturated rings. The number of piperazine rings is 1. The van der Waals surface area contributed by atoms with Crippen molar-refractivity contribution < 1.29 is 4.79 Å². The van der Waals surface area contributed by atoms with E-state index in [2.05, 4.69) is 36.8 Å². The first-order chi connectivity index (χ1) is 9.11. The standard InChI is InChI=1S/C14H18Br2N2O/c1-11-2-3-12(10-13(11)16)14(19)18-8-6-17(5-4-15)7-9-18/h2-3,10H,4-9H2,1H3. The van der Waals surface area contributed by atoms with Crippen LogP contribution in [0.3, 0.4) is 0 Å². The zero-order chi connectivity index (χ0) is 13.8. The molecule has 1 aromatic carbocycles. The summed E-state index contributed by atoms with van der Waals surface area (Å²) in [6.07, 6.45) is 0. The van der Waals surface area contributed by atoms with Crippen LogP contribution in [0.15, 0.2) is 22.7 Å². The Morgan fingerprint density at radius 1 is 1.26 bits per heavy atom. The molecule has 0 N–H and O–H groups in total. The number of carbonyl (C=O) groups is 1. The molecule has 1 aromatic rings. The predicted octanol–water partition coefficient (Wildman–Crippen LogP) is 2.91. The van der Waals surface area contributed by atoms with E-state index in [-0.39, 0.29) is 5.91 Å². The number of rotatable bonds is 3. The van der Waals surface area contributed by atoms with Gasteiger partial charge in [-0.2, -0.15) is 0 Å². The molecular formula is C14H18Br2N2O. The number of alkyl halides is 1. The summed E-state index contributed by atoms with van der Waals surface area (Å²) in [7, 11) is 0. The van der Waals surface area contributed by atoms with Gasteiger partial charge in [-0.25, -0.2) is 0 Å². The zero-order valence-corrected chi connectivity index (χ0v) is 14.2. The largest absolute Gasteiger partial charge is 0.336 e. The topological polar surface area (TPSA) is 23.6 Å². The highest BCUT2D eigenvalue weighted by atomic mass is 79.9. The molecule has 0 aromatic heterocycles. The Labute approximate surface area is 131 Å². The monoisotopic (exact) mass is 388 g/mol. The Kier molecular flexibility index (Phi) is 5.42. The summed E-state index contributed by atoms with van der Waals surface area (Å²) in [5.74, 6) is 0.138. The van der Waals surface area contributed by atoms with Crippen LogP contribution in [0.4, 0.5) is 0 Å². The molecule has 5 heteroatoms. The summed E-state index contributed by atoms with van der Waals surface area (Å²) in [6.45, 7) is 6.64. The molecule has 2 rings (SSSR count). The first-order valence-corrected chi connectivity index (χ1v) is 8.37. The zero-order valence-electron chi connectivity index (χ0n) is 11.0. The van der Waals surface area contributed by atoms with Crippen LogP contribution in [-0.2, 0) is 0 Å². The highest BCUT2D eigenvalue weighted by molar-refractivity contribution is 9.10. The Hall–Kier alpha value is -0.390. The maximum Gasteiger partial charge on any atom is 0.253 e. The third kappa shape index (κ3) is 3.80. The van der Waals surface area contributed by atoms with Crippen molar-refractivity contribution in [3.63, 3.8) is 0 Å². The highest BCUT2D eigenvalue weighted by Crippen LogP contribution is 2.19. The van der Waals surface area contributed by atoms with Crippen molar-refractivity contribution in [2.75, 3.05) is 38.1 Å². The molecule has 0 unspecified atom stereocenters. The lowest BCUT2D eigenvalue weighted by molar-refractivity contribution is 0.0645. The van der Waals surface area contributed by atoms with Crippen LogP contribution in [-0.4, -0.2) is 53.8 Å². The first kappa shape index (κ1) is 15.0. The van der Waals surface area contributed by atoms with Crippen LogP contribution < -0.4 is 0 Å². The molecule has 0 saturated carbocycles. The van der Waals surface area contributed by atoms with Crippen molar-refractivity contribution in [2.24, 2.45) is 0 Å². The molecule has 19 heavy (non-hydrogen) atoms. The number of hydrogen-bond acceptors (Lipinski definition) is 2. The van der Waals surface area contributed by atoms with Gasteiger partial charge in [0.05, 0.1) is 0 Å². The van der Waals surface area contributed by atoms with E-state index in [1.54, 1.807) is 0 Å². The van der Waals surface area contributed by atoms with Gasteiger partial charge in [0.2, 0.25) is 0 Å². The van der Waals surface area contributed by atoms with E-state index in [0.717, 1.165) is 53.7 Å². The van der Waals surface area contributed by atoms with E-state index in [4.69, 9.17) is 0 Å². The lowest BCUT2D eigenvalue weighted by Crippen LogP contribution is -2.49. The number of halogens is 2. The number of nitrogens with zero attached hydrogens (tertiary/aromatic N) is 2. The lowest BCUT2D eigenvalue weighted by Gasteiger charge is -2.34. The van der Waals surface area contributed by atoms with Gasteiger partial charge < -0.3 is 4.90 Å². The quantitative estimate of drug-likeness (QED) is 0.742. The van der Waals surface area contributed by atoms with Gasteiger partial charge in [0.25, 0.3) is 5.91 Å². The Morgan fingerprint density at radius 3 is 2.53 bits per heavy atom. The summed E-state index contributed by atoms with van der Waals surface area (Å²) in [6, 6.07) is 5.81. The molecule has 0 radical (unpaired) electrons. The number of carbonyl (C=O) groups excluding carboxylic acids is 1. The van der Waals surface area contributed by atoms with Crippen LogP contribution in [0.2, 0.25) is 0 Å². The molecule has 3 nitrogen and oxygen atoms in total. The van der Waals surface area contributed by atoms with Gasteiger partial charge in [-0.05, 0) is 24.6 Å². The average Bonchev–Trinajstić information content (AvgIpc) is 2.42. The maximum absolute atomic E-state index is 12.4. The van der Waals surface area contributed by atoms with Gasteiger partial charge in [-0.3, -0.25) is 9.69 Å². The average molecular weight is 390 g/mol. The van der Waals surface area contributed by atoms with Gasteiger partial charge in [0.1, 0.15) is 0 Å². The van der Waals surface area contributed by atoms with E-state index < -0.39 is 0 Å². The molecule has 0 spiro atoms. The molecule has 0 atom stereocenters. The number of amides is 1. The summed E-state index contributed by atoms with van der Waals surface area (Å²) in [5, 5.41) is 0.992. The molecular weight excluding hydrogens is 372 g/mol. The SMILES string of the molecule is Cc1ccc(C(=O)N2CCN(CCBr)CC2)cc1Br. The van der Waals surface area contributed by atoms with Gasteiger partial charge in [-0.1, -0.05) is 37.9 Å². The molecule has 1 aliphatic heterocycles. The fraction of sp³-hybridized carbons (Fsp3) is 0.500. The van der Waals surface area contributed by atoms with Crippen molar-refractivity contribution in [3.8, 4) is 0 Å². The minimum atomic E-state index is 0.138. The number of benzene rings is 1. The summed E-state index contributed by atoms with van der Waals surface area (Å²) in [5.41, 5.74) is 1.92. The molecule has 1 aliphatic rings. The maximum atomic E-state index is 12.4. The smallest absolute Gasteiger partial charge is 0.253 e. The molecule has 1 amide bonds. The van der Waals surface area contributed by atoms with E-state index in [0.29, 0.717) is 0 Å². The van der Waals surface area contributed by atoms with E-state index in [1.165, 1.54) is 0 Å². The van der Waals surface area contributed by atoms with Crippen LogP contribution in [0.25, 0.3) is 0 Å². The lowest BCUT2D eigenvalue weighted by atomic mass is 10.1. The van der Waals surface area contributed by atoms with E-state index >= 15 is 0 Å². The van der Waals surface area contributed by atoms with Crippen LogP contribution in [0.5, 0.6) is 0 Å². The van der Waals surface area contributed by atoms with Crippen LogP contribution in [0, 0.1) is 6.92 Å². The molecule has 0 aliphatic carbocycles. The van der Waals surface area contributed by atoms with Crippen LogP contribution in [0.1, 0.15) is 15.9 Å². The van der Waals surface area contributed by atoms with Gasteiger partial charge in [0, 0.05) is 48.1 Å². The third-order valence-electron chi connectivity index (χ3n) is 3.48. The van der Waals surface area contributed by atoms with Gasteiger partial charge in [-0.15, -0.1) is 0 Å². The normalized spacial score (nSPS) is 16.7. The first-order valence-electron chi connectivity index (χ1n) is 6.45. The number of aryl methyl sites for hydroxylation is 1. The second-order valence-electron chi connectivity index (χ2n) is 4.79. The Morgan fingerprint density at radius 2 is 1.95 bits per heavy atom. The van der Waals surface area contributed by atoms with E-state index in [9.17, 15) is 4.79 Å². The molecule has 1 saturated heterocycles. The van der Waals surface area contributed by atoms with Crippen molar-refractivity contribution in [2.45, 2.75) is 6.92 Å². The van der Waals surface area contributed by atoms with Crippen molar-refractivity contribution in [3.05, 3.63) is 33.8 Å². The number of hydrogen-bond donors (Lipinski definition) is 0. The molecule has 0 bridgehead atoms. The summed E-state index contributed by atoms with van der Waals surface area (Å²) >= 11 is 6.94. The predicted molar refractivity (Wildman–Crippen MR) is 85.0 cm³/mol. The minimum absolute atomic E-state index is 0.138. The fourth-order valence-electron chi connectivity index (χ4n) is 2.20. The van der Waals surface area contributed by atoms with Crippen LogP contribution >= 0.6 is 31.9 Å². The fourth-order valence-corrected chi connectivity index (χ4v) is 3.08. The van der Waals surface area contributed by atoms with E-state index in [1.807, 2.05) is 30.0 Å². The Bertz CT molecular complexity index is 457. The molecule has 104 valence electrons. The van der Waals surface area contributed by atoms with Crippen molar-refractivity contribution in [1.29, 1.82) is 0 Å². The van der Waals surface area contributed by atoms with Gasteiger partial charge in [0.15, 0.2) is 0 Å².